The second-order valence-corrected chi connectivity index (χ2v) is 7.08. The van der Waals surface area contributed by atoms with E-state index in [1.54, 1.807) is 0 Å². The monoisotopic (exact) mass is 315 g/mol. The van der Waals surface area contributed by atoms with Gasteiger partial charge in [-0.2, -0.15) is 0 Å². The molecular weight excluding hydrogens is 284 g/mol. The van der Waals surface area contributed by atoms with Gasteiger partial charge >= 0.3 is 0 Å². The van der Waals surface area contributed by atoms with E-state index in [4.69, 9.17) is 0 Å². The van der Waals surface area contributed by atoms with Crippen LogP contribution in [0.1, 0.15) is 43.5 Å². The van der Waals surface area contributed by atoms with Crippen molar-refractivity contribution in [2.45, 2.75) is 59.1 Å². The molecule has 0 radical (unpaired) electrons. The topological polar surface area (TPSA) is 29.6 Å². The summed E-state index contributed by atoms with van der Waals surface area (Å²) in [6.07, 6.45) is 4.66. The maximum atomic E-state index is 10.6. The van der Waals surface area contributed by atoms with Crippen LogP contribution >= 0.6 is 0 Å². The fourth-order valence-corrected chi connectivity index (χ4v) is 4.11. The first-order valence-electron chi connectivity index (χ1n) is 9.26. The SMILES string of the molecule is CC[NH+](CC)C[C@@H](O)Cn1c2c(c3cc(C)ccc31)CCCC2. The molecule has 0 amide bonds. The van der Waals surface area contributed by atoms with Crippen molar-refractivity contribution in [1.82, 2.24) is 4.57 Å². The molecule has 3 heteroatoms. The van der Waals surface area contributed by atoms with Gasteiger partial charge < -0.3 is 14.6 Å². The molecule has 1 atom stereocenters. The van der Waals surface area contributed by atoms with E-state index in [1.807, 2.05) is 0 Å². The quantitative estimate of drug-likeness (QED) is 0.840. The van der Waals surface area contributed by atoms with Crippen LogP contribution in [-0.4, -0.2) is 35.4 Å². The zero-order chi connectivity index (χ0) is 16.4. The summed E-state index contributed by atoms with van der Waals surface area (Å²) in [7, 11) is 0. The van der Waals surface area contributed by atoms with Gasteiger partial charge in [0.1, 0.15) is 12.6 Å². The van der Waals surface area contributed by atoms with Gasteiger partial charge in [-0.05, 0) is 64.2 Å². The number of likely N-dealkylation sites (N-methyl/N-ethyl adjacent to an activating group) is 1. The van der Waals surface area contributed by atoms with Crippen LogP contribution in [0.15, 0.2) is 18.2 Å². The van der Waals surface area contributed by atoms with Crippen LogP contribution in [0.4, 0.5) is 0 Å². The number of aromatic nitrogens is 1. The van der Waals surface area contributed by atoms with E-state index in [0.717, 1.165) is 32.6 Å². The third kappa shape index (κ3) is 3.31. The van der Waals surface area contributed by atoms with Crippen molar-refractivity contribution in [3.05, 3.63) is 35.0 Å². The fourth-order valence-electron chi connectivity index (χ4n) is 4.11. The molecule has 0 aliphatic heterocycles. The third-order valence-corrected chi connectivity index (χ3v) is 5.45. The summed E-state index contributed by atoms with van der Waals surface area (Å²) in [5, 5.41) is 12.0. The number of nitrogens with one attached hydrogen (secondary N) is 1. The number of aryl methyl sites for hydroxylation is 2. The van der Waals surface area contributed by atoms with Gasteiger partial charge in [0.25, 0.3) is 0 Å². The standard InChI is InChI=1S/C20H30N2O/c1-4-21(5-2)13-16(23)14-22-19-9-7-6-8-17(19)18-12-15(3)10-11-20(18)22/h10-12,16,23H,4-9,13-14H2,1-3H3/p+1/t16-/m1/s1. The predicted octanol–water partition coefficient (Wildman–Crippen LogP) is 2.11. The highest BCUT2D eigenvalue weighted by Crippen LogP contribution is 2.32. The summed E-state index contributed by atoms with van der Waals surface area (Å²) >= 11 is 0. The van der Waals surface area contributed by atoms with E-state index in [0.29, 0.717) is 0 Å². The lowest BCUT2D eigenvalue weighted by Crippen LogP contribution is -3.12. The molecule has 0 saturated carbocycles. The highest BCUT2D eigenvalue weighted by Gasteiger charge is 2.22. The molecule has 23 heavy (non-hydrogen) atoms. The molecular formula is C20H31N2O+. The van der Waals surface area contributed by atoms with Gasteiger partial charge in [0.2, 0.25) is 0 Å². The van der Waals surface area contributed by atoms with Crippen LogP contribution in [0.3, 0.4) is 0 Å². The number of hydrogen-bond donors (Lipinski definition) is 2. The van der Waals surface area contributed by atoms with Crippen molar-refractivity contribution in [3.8, 4) is 0 Å². The molecule has 1 aromatic heterocycles. The maximum absolute atomic E-state index is 10.6. The van der Waals surface area contributed by atoms with Crippen LogP contribution in [0.5, 0.6) is 0 Å². The molecule has 3 rings (SSSR count). The predicted molar refractivity (Wildman–Crippen MR) is 96.2 cm³/mol. The first-order valence-corrected chi connectivity index (χ1v) is 9.26. The van der Waals surface area contributed by atoms with Crippen molar-refractivity contribution in [3.63, 3.8) is 0 Å². The minimum absolute atomic E-state index is 0.271. The van der Waals surface area contributed by atoms with Crippen LogP contribution in [0.2, 0.25) is 0 Å². The Morgan fingerprint density at radius 2 is 1.91 bits per heavy atom. The molecule has 2 aromatic rings. The number of benzene rings is 1. The molecule has 126 valence electrons. The average molecular weight is 315 g/mol. The zero-order valence-electron chi connectivity index (χ0n) is 14.9. The lowest BCUT2D eigenvalue weighted by molar-refractivity contribution is -0.899. The van der Waals surface area contributed by atoms with E-state index in [9.17, 15) is 5.11 Å². The Hall–Kier alpha value is -1.32. The van der Waals surface area contributed by atoms with Gasteiger partial charge in [0, 0.05) is 16.6 Å². The van der Waals surface area contributed by atoms with E-state index < -0.39 is 0 Å². The molecule has 0 bridgehead atoms. The second kappa shape index (κ2) is 7.06. The van der Waals surface area contributed by atoms with Crippen molar-refractivity contribution in [2.24, 2.45) is 0 Å². The second-order valence-electron chi connectivity index (χ2n) is 7.08. The summed E-state index contributed by atoms with van der Waals surface area (Å²) < 4.78 is 2.41. The lowest BCUT2D eigenvalue weighted by atomic mass is 9.95. The van der Waals surface area contributed by atoms with Crippen molar-refractivity contribution < 1.29 is 10.0 Å². The van der Waals surface area contributed by atoms with E-state index >= 15 is 0 Å². The molecule has 0 fully saturated rings. The van der Waals surface area contributed by atoms with Crippen LogP contribution < -0.4 is 4.90 Å². The first kappa shape index (κ1) is 16.5. The van der Waals surface area contributed by atoms with Crippen LogP contribution in [0.25, 0.3) is 10.9 Å². The normalized spacial score (nSPS) is 16.0. The molecule has 2 N–H and O–H groups in total. The minimum atomic E-state index is -0.271. The number of hydrogen-bond acceptors (Lipinski definition) is 1. The number of aliphatic hydroxyl groups excluding tert-OH is 1. The molecule has 3 nitrogen and oxygen atoms in total. The number of aliphatic hydroxyl groups is 1. The largest absolute Gasteiger partial charge is 0.385 e. The first-order chi connectivity index (χ1) is 11.1. The molecule has 1 aliphatic carbocycles. The van der Waals surface area contributed by atoms with Gasteiger partial charge in [-0.25, -0.2) is 0 Å². The Kier molecular flexibility index (Phi) is 5.08. The Morgan fingerprint density at radius 3 is 2.65 bits per heavy atom. The number of rotatable bonds is 6. The van der Waals surface area contributed by atoms with Crippen molar-refractivity contribution in [1.29, 1.82) is 0 Å². The average Bonchev–Trinajstić information content (AvgIpc) is 2.86. The van der Waals surface area contributed by atoms with Gasteiger partial charge in [-0.1, -0.05) is 11.6 Å². The summed E-state index contributed by atoms with van der Waals surface area (Å²) in [6.45, 7) is 10.3. The number of nitrogens with zero attached hydrogens (tertiary/aromatic N) is 1. The van der Waals surface area contributed by atoms with Crippen LogP contribution in [-0.2, 0) is 19.4 Å². The van der Waals surface area contributed by atoms with Gasteiger partial charge in [0.05, 0.1) is 19.6 Å². The number of fused-ring (bicyclic) bond motifs is 3. The lowest BCUT2D eigenvalue weighted by Gasteiger charge is -2.22. The fraction of sp³-hybridized carbons (Fsp3) is 0.600. The highest BCUT2D eigenvalue weighted by molar-refractivity contribution is 5.86. The van der Waals surface area contributed by atoms with Crippen molar-refractivity contribution >= 4 is 10.9 Å². The highest BCUT2D eigenvalue weighted by atomic mass is 16.3. The molecule has 0 spiro atoms. The molecule has 0 unspecified atom stereocenters. The maximum Gasteiger partial charge on any atom is 0.121 e. The third-order valence-electron chi connectivity index (χ3n) is 5.45. The van der Waals surface area contributed by atoms with E-state index in [2.05, 4.69) is 43.5 Å². The Bertz CT molecular complexity index is 670. The molecule has 0 saturated heterocycles. The Balaban J connectivity index is 1.93. The summed E-state index contributed by atoms with van der Waals surface area (Å²) in [6, 6.07) is 6.78. The van der Waals surface area contributed by atoms with E-state index in [1.165, 1.54) is 51.9 Å². The van der Waals surface area contributed by atoms with Crippen LogP contribution in [0, 0.1) is 6.92 Å². The summed E-state index contributed by atoms with van der Waals surface area (Å²) in [4.78, 5) is 1.47. The summed E-state index contributed by atoms with van der Waals surface area (Å²) in [5.74, 6) is 0. The smallest absolute Gasteiger partial charge is 0.121 e. The summed E-state index contributed by atoms with van der Waals surface area (Å²) in [5.41, 5.74) is 5.66. The minimum Gasteiger partial charge on any atom is -0.385 e. The molecule has 1 aliphatic rings. The zero-order valence-corrected chi connectivity index (χ0v) is 14.9. The Labute approximate surface area is 139 Å². The molecule has 1 aromatic carbocycles. The van der Waals surface area contributed by atoms with Gasteiger partial charge in [-0.15, -0.1) is 0 Å². The molecule has 1 heterocycles. The number of quaternary nitrogens is 1. The van der Waals surface area contributed by atoms with Crippen molar-refractivity contribution in [2.75, 3.05) is 19.6 Å². The van der Waals surface area contributed by atoms with E-state index in [-0.39, 0.29) is 6.10 Å². The Morgan fingerprint density at radius 1 is 1.17 bits per heavy atom. The van der Waals surface area contributed by atoms with Gasteiger partial charge in [0.15, 0.2) is 0 Å². The van der Waals surface area contributed by atoms with Gasteiger partial charge in [-0.3, -0.25) is 0 Å².